The molecule has 1 atom stereocenters. The molecule has 2 heterocycles. The molecule has 1 saturated heterocycles. The zero-order valence-electron chi connectivity index (χ0n) is 12.0. The van der Waals surface area contributed by atoms with E-state index in [2.05, 4.69) is 4.90 Å². The highest BCUT2D eigenvalue weighted by atomic mass is 16.6. The third-order valence-electron chi connectivity index (χ3n) is 4.31. The maximum absolute atomic E-state index is 6.02. The summed E-state index contributed by atoms with van der Waals surface area (Å²) in [4.78, 5) is 2.50. The van der Waals surface area contributed by atoms with Crippen molar-refractivity contribution < 1.29 is 9.47 Å². The molecule has 1 fully saturated rings. The fourth-order valence-electron chi connectivity index (χ4n) is 3.13. The Labute approximate surface area is 120 Å². The van der Waals surface area contributed by atoms with Crippen molar-refractivity contribution in [3.63, 3.8) is 0 Å². The van der Waals surface area contributed by atoms with E-state index in [9.17, 15) is 0 Å². The van der Waals surface area contributed by atoms with Crippen LogP contribution in [0.4, 0.5) is 0 Å². The number of rotatable bonds is 4. The van der Waals surface area contributed by atoms with Crippen LogP contribution in [0.2, 0.25) is 0 Å². The number of nitrogens with zero attached hydrogens (tertiary/aromatic N) is 1. The van der Waals surface area contributed by atoms with Crippen molar-refractivity contribution in [3.05, 3.63) is 24.3 Å². The molecule has 0 saturated carbocycles. The molecule has 2 aliphatic rings. The van der Waals surface area contributed by atoms with Crippen molar-refractivity contribution in [1.82, 2.24) is 4.90 Å². The second-order valence-corrected chi connectivity index (χ2v) is 5.82. The molecule has 2 aliphatic heterocycles. The highest BCUT2D eigenvalue weighted by Gasteiger charge is 2.25. The number of likely N-dealkylation sites (tertiary alicyclic amines) is 1. The van der Waals surface area contributed by atoms with Crippen molar-refractivity contribution >= 4 is 0 Å². The molecule has 20 heavy (non-hydrogen) atoms. The molecule has 0 bridgehead atoms. The Kier molecular flexibility index (Phi) is 4.43. The summed E-state index contributed by atoms with van der Waals surface area (Å²) >= 11 is 0. The van der Waals surface area contributed by atoms with Crippen LogP contribution in [0.5, 0.6) is 11.5 Å². The second kappa shape index (κ2) is 6.46. The highest BCUT2D eigenvalue weighted by molar-refractivity contribution is 5.40. The summed E-state index contributed by atoms with van der Waals surface area (Å²) in [5, 5.41) is 0. The molecule has 0 amide bonds. The minimum atomic E-state index is 0.149. The Morgan fingerprint density at radius 3 is 2.65 bits per heavy atom. The lowest BCUT2D eigenvalue weighted by atomic mass is 9.93. The molecule has 3 rings (SSSR count). The SMILES string of the molecule is NCCC1CCN(C[C@@H]2COc3ccccc3O2)CC1. The molecule has 0 aliphatic carbocycles. The Bertz CT molecular complexity index is 430. The number of ether oxygens (including phenoxy) is 2. The van der Waals surface area contributed by atoms with Crippen LogP contribution in [0.15, 0.2) is 24.3 Å². The van der Waals surface area contributed by atoms with Crippen molar-refractivity contribution in [3.8, 4) is 11.5 Å². The number of para-hydroxylation sites is 2. The van der Waals surface area contributed by atoms with E-state index in [1.807, 2.05) is 24.3 Å². The Morgan fingerprint density at radius 1 is 1.15 bits per heavy atom. The van der Waals surface area contributed by atoms with Gasteiger partial charge in [0.05, 0.1) is 0 Å². The zero-order valence-corrected chi connectivity index (χ0v) is 12.0. The minimum Gasteiger partial charge on any atom is -0.486 e. The van der Waals surface area contributed by atoms with Gasteiger partial charge in [-0.25, -0.2) is 0 Å². The Morgan fingerprint density at radius 2 is 1.90 bits per heavy atom. The first-order valence-electron chi connectivity index (χ1n) is 7.66. The third-order valence-corrected chi connectivity index (χ3v) is 4.31. The van der Waals surface area contributed by atoms with Crippen molar-refractivity contribution in [1.29, 1.82) is 0 Å². The van der Waals surface area contributed by atoms with Gasteiger partial charge in [0.2, 0.25) is 0 Å². The Balaban J connectivity index is 1.48. The van der Waals surface area contributed by atoms with E-state index < -0.39 is 0 Å². The summed E-state index contributed by atoms with van der Waals surface area (Å²) in [5.74, 6) is 2.56. The van der Waals surface area contributed by atoms with Gasteiger partial charge in [-0.3, -0.25) is 4.90 Å². The molecule has 2 N–H and O–H groups in total. The second-order valence-electron chi connectivity index (χ2n) is 5.82. The molecule has 4 nitrogen and oxygen atoms in total. The first-order valence-corrected chi connectivity index (χ1v) is 7.66. The molecular formula is C16H24N2O2. The molecule has 0 radical (unpaired) electrons. The Hall–Kier alpha value is -1.26. The fourth-order valence-corrected chi connectivity index (χ4v) is 3.13. The van der Waals surface area contributed by atoms with Gasteiger partial charge in [0.1, 0.15) is 12.7 Å². The molecule has 1 aromatic rings. The van der Waals surface area contributed by atoms with Gasteiger partial charge in [0, 0.05) is 6.54 Å². The van der Waals surface area contributed by atoms with Crippen LogP contribution in [0.1, 0.15) is 19.3 Å². The smallest absolute Gasteiger partial charge is 0.161 e. The standard InChI is InChI=1S/C16H24N2O2/c17-8-5-13-6-9-18(10-7-13)11-14-12-19-15-3-1-2-4-16(15)20-14/h1-4,13-14H,5-12,17H2/t14-/m1/s1. The number of nitrogens with two attached hydrogens (primary N) is 1. The highest BCUT2D eigenvalue weighted by Crippen LogP contribution is 2.31. The summed E-state index contributed by atoms with van der Waals surface area (Å²) in [6.45, 7) is 4.75. The monoisotopic (exact) mass is 276 g/mol. The molecular weight excluding hydrogens is 252 g/mol. The van der Waals surface area contributed by atoms with Gasteiger partial charge in [-0.1, -0.05) is 12.1 Å². The average molecular weight is 276 g/mol. The van der Waals surface area contributed by atoms with Gasteiger partial charge in [-0.05, 0) is 56.9 Å². The van der Waals surface area contributed by atoms with Crippen LogP contribution in [0, 0.1) is 5.92 Å². The van der Waals surface area contributed by atoms with E-state index in [1.54, 1.807) is 0 Å². The summed E-state index contributed by atoms with van der Waals surface area (Å²) in [7, 11) is 0. The van der Waals surface area contributed by atoms with Crippen molar-refractivity contribution in [2.24, 2.45) is 11.7 Å². The quantitative estimate of drug-likeness (QED) is 0.912. The number of hydrogen-bond acceptors (Lipinski definition) is 4. The topological polar surface area (TPSA) is 47.7 Å². The first kappa shape index (κ1) is 13.7. The van der Waals surface area contributed by atoms with Gasteiger partial charge in [0.25, 0.3) is 0 Å². The molecule has 0 spiro atoms. The van der Waals surface area contributed by atoms with E-state index in [0.717, 1.165) is 43.6 Å². The van der Waals surface area contributed by atoms with Gasteiger partial charge < -0.3 is 15.2 Å². The predicted octanol–water partition coefficient (Wildman–Crippen LogP) is 1.89. The first-order chi connectivity index (χ1) is 9.85. The number of fused-ring (bicyclic) bond motifs is 1. The molecule has 4 heteroatoms. The zero-order chi connectivity index (χ0) is 13.8. The average Bonchev–Trinajstić information content (AvgIpc) is 2.49. The largest absolute Gasteiger partial charge is 0.486 e. The van der Waals surface area contributed by atoms with E-state index >= 15 is 0 Å². The summed E-state index contributed by atoms with van der Waals surface area (Å²) < 4.78 is 11.8. The maximum atomic E-state index is 6.02. The van der Waals surface area contributed by atoms with Crippen molar-refractivity contribution in [2.45, 2.75) is 25.4 Å². The van der Waals surface area contributed by atoms with Crippen molar-refractivity contribution in [2.75, 3.05) is 32.8 Å². The van der Waals surface area contributed by atoms with E-state index in [4.69, 9.17) is 15.2 Å². The van der Waals surface area contributed by atoms with Crippen LogP contribution in [-0.2, 0) is 0 Å². The predicted molar refractivity (Wildman–Crippen MR) is 79.2 cm³/mol. The van der Waals surface area contributed by atoms with Gasteiger partial charge in [-0.15, -0.1) is 0 Å². The van der Waals surface area contributed by atoms with Gasteiger partial charge in [-0.2, -0.15) is 0 Å². The molecule has 1 aromatic carbocycles. The summed E-state index contributed by atoms with van der Waals surface area (Å²) in [5.41, 5.74) is 5.64. The van der Waals surface area contributed by atoms with Crippen LogP contribution >= 0.6 is 0 Å². The molecule has 0 unspecified atom stereocenters. The lowest BCUT2D eigenvalue weighted by Crippen LogP contribution is -2.44. The molecule has 0 aromatic heterocycles. The lowest BCUT2D eigenvalue weighted by molar-refractivity contribution is 0.0474. The normalized spacial score (nSPS) is 23.8. The van der Waals surface area contributed by atoms with E-state index in [1.165, 1.54) is 19.3 Å². The fraction of sp³-hybridized carbons (Fsp3) is 0.625. The van der Waals surface area contributed by atoms with E-state index in [0.29, 0.717) is 6.61 Å². The van der Waals surface area contributed by atoms with Gasteiger partial charge >= 0.3 is 0 Å². The number of piperidine rings is 1. The maximum Gasteiger partial charge on any atom is 0.161 e. The van der Waals surface area contributed by atoms with Crippen LogP contribution in [0.3, 0.4) is 0 Å². The lowest BCUT2D eigenvalue weighted by Gasteiger charge is -2.35. The summed E-state index contributed by atoms with van der Waals surface area (Å²) in [6.07, 6.45) is 3.85. The minimum absolute atomic E-state index is 0.149. The van der Waals surface area contributed by atoms with Crippen LogP contribution < -0.4 is 15.2 Å². The van der Waals surface area contributed by atoms with Gasteiger partial charge in [0.15, 0.2) is 11.5 Å². The van der Waals surface area contributed by atoms with Crippen LogP contribution in [0.25, 0.3) is 0 Å². The van der Waals surface area contributed by atoms with E-state index in [-0.39, 0.29) is 6.10 Å². The van der Waals surface area contributed by atoms with Crippen LogP contribution in [-0.4, -0.2) is 43.8 Å². The molecule has 110 valence electrons. The third kappa shape index (κ3) is 3.25. The number of benzene rings is 1. The summed E-state index contributed by atoms with van der Waals surface area (Å²) in [6, 6.07) is 7.91. The number of hydrogen-bond donors (Lipinski definition) is 1.